The van der Waals surface area contributed by atoms with Gasteiger partial charge in [-0.15, -0.1) is 0 Å². The van der Waals surface area contributed by atoms with Gasteiger partial charge < -0.3 is 9.73 Å². The van der Waals surface area contributed by atoms with Gasteiger partial charge in [-0.3, -0.25) is 4.79 Å². The van der Waals surface area contributed by atoms with Crippen molar-refractivity contribution >= 4 is 29.3 Å². The number of hydrogen-bond donors (Lipinski definition) is 1. The molecule has 2 aromatic carbocycles. The molecule has 1 heterocycles. The lowest BCUT2D eigenvalue weighted by Crippen LogP contribution is -2.15. The zero-order chi connectivity index (χ0) is 20.3. The van der Waals surface area contributed by atoms with E-state index in [9.17, 15) is 10.1 Å². The first kappa shape index (κ1) is 19.5. The molecule has 0 saturated heterocycles. The Morgan fingerprint density at radius 3 is 2.43 bits per heavy atom. The lowest BCUT2D eigenvalue weighted by Gasteiger charge is -2.12. The average molecular weight is 391 g/mol. The lowest BCUT2D eigenvalue weighted by atomic mass is 10.0. The minimum atomic E-state index is -0.478. The van der Waals surface area contributed by atoms with Crippen molar-refractivity contribution < 1.29 is 9.21 Å². The predicted octanol–water partition coefficient (Wildman–Crippen LogP) is 6.07. The number of anilines is 1. The van der Waals surface area contributed by atoms with Crippen molar-refractivity contribution in [2.24, 2.45) is 0 Å². The number of nitriles is 1. The smallest absolute Gasteiger partial charge is 0.266 e. The number of hydrogen-bond acceptors (Lipinski definition) is 3. The van der Waals surface area contributed by atoms with Gasteiger partial charge in [0, 0.05) is 17.3 Å². The molecule has 0 bridgehead atoms. The van der Waals surface area contributed by atoms with Crippen LogP contribution in [-0.2, 0) is 4.79 Å². The highest BCUT2D eigenvalue weighted by molar-refractivity contribution is 6.33. The molecule has 0 aliphatic carbocycles. The van der Waals surface area contributed by atoms with Gasteiger partial charge in [-0.25, -0.2) is 0 Å². The number of furan rings is 1. The Morgan fingerprint density at radius 2 is 1.79 bits per heavy atom. The molecule has 0 unspecified atom stereocenters. The first-order valence-corrected chi connectivity index (χ1v) is 9.12. The van der Waals surface area contributed by atoms with Gasteiger partial charge in [0.1, 0.15) is 23.2 Å². The van der Waals surface area contributed by atoms with Crippen LogP contribution in [-0.4, -0.2) is 5.91 Å². The average Bonchev–Trinajstić information content (AvgIpc) is 3.11. The van der Waals surface area contributed by atoms with Gasteiger partial charge in [0.25, 0.3) is 5.91 Å². The Labute approximate surface area is 169 Å². The van der Waals surface area contributed by atoms with E-state index < -0.39 is 5.91 Å². The molecule has 4 nitrogen and oxygen atoms in total. The second-order valence-corrected chi connectivity index (χ2v) is 6.99. The molecular formula is C23H19ClN2O2. The van der Waals surface area contributed by atoms with E-state index in [1.165, 1.54) is 6.08 Å². The van der Waals surface area contributed by atoms with Gasteiger partial charge in [0.2, 0.25) is 0 Å². The molecule has 0 aliphatic heterocycles. The largest absolute Gasteiger partial charge is 0.457 e. The minimum Gasteiger partial charge on any atom is -0.457 e. The molecule has 28 heavy (non-hydrogen) atoms. The Balaban J connectivity index is 1.86. The van der Waals surface area contributed by atoms with E-state index in [4.69, 9.17) is 16.0 Å². The Hall–Kier alpha value is -3.29. The fourth-order valence-electron chi connectivity index (χ4n) is 3.09. The van der Waals surface area contributed by atoms with Gasteiger partial charge in [-0.2, -0.15) is 5.26 Å². The highest BCUT2D eigenvalue weighted by Crippen LogP contribution is 2.30. The van der Waals surface area contributed by atoms with Crippen LogP contribution in [0.2, 0.25) is 5.02 Å². The van der Waals surface area contributed by atoms with Crippen molar-refractivity contribution in [2.75, 3.05) is 5.32 Å². The minimum absolute atomic E-state index is 0.0422. The number of benzene rings is 2. The second kappa shape index (κ2) is 8.16. The van der Waals surface area contributed by atoms with Gasteiger partial charge in [-0.1, -0.05) is 41.4 Å². The Bertz CT molecular complexity index is 1100. The maximum absolute atomic E-state index is 12.6. The van der Waals surface area contributed by atoms with E-state index in [0.29, 0.717) is 22.2 Å². The zero-order valence-corrected chi connectivity index (χ0v) is 16.6. The van der Waals surface area contributed by atoms with E-state index in [1.54, 1.807) is 18.2 Å². The number of rotatable bonds is 4. The highest BCUT2D eigenvalue weighted by Gasteiger charge is 2.14. The summed E-state index contributed by atoms with van der Waals surface area (Å²) in [6, 6.07) is 16.7. The monoisotopic (exact) mass is 390 g/mol. The number of carbonyl (C=O) groups excluding carboxylic acids is 1. The summed E-state index contributed by atoms with van der Waals surface area (Å²) in [6.07, 6.45) is 1.43. The molecule has 1 aromatic heterocycles. The first-order chi connectivity index (χ1) is 13.4. The van der Waals surface area contributed by atoms with E-state index in [1.807, 2.05) is 57.2 Å². The summed E-state index contributed by atoms with van der Waals surface area (Å²) in [5.74, 6) is 0.493. The first-order valence-electron chi connectivity index (χ1n) is 8.75. The topological polar surface area (TPSA) is 66.0 Å². The molecule has 3 aromatic rings. The summed E-state index contributed by atoms with van der Waals surface area (Å²) >= 11 is 6.19. The third-order valence-corrected chi connectivity index (χ3v) is 4.66. The number of carbonyl (C=O) groups is 1. The van der Waals surface area contributed by atoms with Crippen molar-refractivity contribution in [3.63, 3.8) is 0 Å². The molecular weight excluding hydrogens is 372 g/mol. The summed E-state index contributed by atoms with van der Waals surface area (Å²) in [4.78, 5) is 12.6. The molecule has 0 saturated carbocycles. The molecule has 140 valence electrons. The number of nitrogens with one attached hydrogen (secondary N) is 1. The van der Waals surface area contributed by atoms with Crippen molar-refractivity contribution in [1.82, 2.24) is 0 Å². The predicted molar refractivity (Wildman–Crippen MR) is 112 cm³/mol. The third kappa shape index (κ3) is 4.16. The van der Waals surface area contributed by atoms with Crippen LogP contribution in [0.5, 0.6) is 0 Å². The number of nitrogens with zero attached hydrogens (tertiary/aromatic N) is 1. The molecule has 0 spiro atoms. The molecule has 1 amide bonds. The quantitative estimate of drug-likeness (QED) is 0.434. The van der Waals surface area contributed by atoms with Crippen molar-refractivity contribution in [2.45, 2.75) is 20.8 Å². The van der Waals surface area contributed by atoms with Gasteiger partial charge in [-0.05, 0) is 56.2 Å². The molecule has 0 atom stereocenters. The van der Waals surface area contributed by atoms with E-state index in [0.717, 1.165) is 22.3 Å². The van der Waals surface area contributed by atoms with E-state index in [2.05, 4.69) is 5.32 Å². The van der Waals surface area contributed by atoms with Crippen molar-refractivity contribution in [1.29, 1.82) is 5.26 Å². The fraction of sp³-hybridized carbons (Fsp3) is 0.130. The van der Waals surface area contributed by atoms with Crippen molar-refractivity contribution in [3.05, 3.63) is 81.6 Å². The van der Waals surface area contributed by atoms with Gasteiger partial charge in [0.15, 0.2) is 0 Å². The third-order valence-electron chi connectivity index (χ3n) is 4.33. The maximum Gasteiger partial charge on any atom is 0.266 e. The number of amides is 1. The van der Waals surface area contributed by atoms with Gasteiger partial charge >= 0.3 is 0 Å². The molecule has 1 N–H and O–H groups in total. The fourth-order valence-corrected chi connectivity index (χ4v) is 3.31. The van der Waals surface area contributed by atoms with Crippen LogP contribution in [0.15, 0.2) is 58.5 Å². The molecule has 3 rings (SSSR count). The van der Waals surface area contributed by atoms with Crippen LogP contribution < -0.4 is 5.32 Å². The second-order valence-electron chi connectivity index (χ2n) is 6.58. The summed E-state index contributed by atoms with van der Waals surface area (Å²) < 4.78 is 5.75. The van der Waals surface area contributed by atoms with Crippen LogP contribution in [0, 0.1) is 32.1 Å². The van der Waals surface area contributed by atoms with Crippen LogP contribution in [0.4, 0.5) is 5.69 Å². The maximum atomic E-state index is 12.6. The molecule has 5 heteroatoms. The van der Waals surface area contributed by atoms with E-state index >= 15 is 0 Å². The molecule has 0 aliphatic rings. The summed E-state index contributed by atoms with van der Waals surface area (Å²) in [7, 11) is 0. The van der Waals surface area contributed by atoms with Crippen LogP contribution >= 0.6 is 11.6 Å². The zero-order valence-electron chi connectivity index (χ0n) is 15.8. The summed E-state index contributed by atoms with van der Waals surface area (Å²) in [5.41, 5.74) is 4.43. The molecule has 0 radical (unpaired) electrons. The highest BCUT2D eigenvalue weighted by atomic mass is 35.5. The number of aryl methyl sites for hydroxylation is 3. The van der Waals surface area contributed by atoms with Crippen molar-refractivity contribution in [3.8, 4) is 17.4 Å². The summed E-state index contributed by atoms with van der Waals surface area (Å²) in [6.45, 7) is 5.85. The SMILES string of the molecule is Cc1cc(C)c(NC(=O)/C(C#N)=C/c2ccc(-c3ccccc3Cl)o2)c(C)c1. The Kier molecular flexibility index (Phi) is 5.67. The Morgan fingerprint density at radius 1 is 1.11 bits per heavy atom. The number of halogens is 1. The standard InChI is InChI=1S/C23H19ClN2O2/c1-14-10-15(2)22(16(3)11-14)26-23(27)17(13-25)12-18-8-9-21(28-18)19-6-4-5-7-20(19)24/h4-12H,1-3H3,(H,26,27)/b17-12+. The van der Waals surface area contributed by atoms with Crippen LogP contribution in [0.1, 0.15) is 22.5 Å². The normalized spacial score (nSPS) is 11.2. The van der Waals surface area contributed by atoms with Gasteiger partial charge in [0.05, 0.1) is 5.02 Å². The van der Waals surface area contributed by atoms with E-state index in [-0.39, 0.29) is 5.57 Å². The lowest BCUT2D eigenvalue weighted by molar-refractivity contribution is -0.112. The summed E-state index contributed by atoms with van der Waals surface area (Å²) in [5, 5.41) is 12.8. The molecule has 0 fully saturated rings. The van der Waals surface area contributed by atoms with Crippen LogP contribution in [0.3, 0.4) is 0 Å². The van der Waals surface area contributed by atoms with Crippen LogP contribution in [0.25, 0.3) is 17.4 Å².